The fourth-order valence-corrected chi connectivity index (χ4v) is 3.63. The molecule has 3 nitrogen and oxygen atoms in total. The molecule has 4 heteroatoms. The van der Waals surface area contributed by atoms with Gasteiger partial charge in [-0.25, -0.2) is 4.98 Å². The third-order valence-electron chi connectivity index (χ3n) is 3.69. The maximum absolute atomic E-state index is 9.43. The number of rotatable bonds is 3. The van der Waals surface area contributed by atoms with Crippen LogP contribution >= 0.6 is 11.3 Å². The molecular weight excluding hydrogens is 244 g/mol. The van der Waals surface area contributed by atoms with Gasteiger partial charge in [-0.15, -0.1) is 0 Å². The molecule has 1 unspecified atom stereocenters. The second-order valence-electron chi connectivity index (χ2n) is 5.64. The van der Waals surface area contributed by atoms with Gasteiger partial charge in [0.25, 0.3) is 0 Å². The minimum atomic E-state index is 0.120. The van der Waals surface area contributed by atoms with Crippen LogP contribution < -0.4 is 4.90 Å². The summed E-state index contributed by atoms with van der Waals surface area (Å²) in [6, 6.07) is 0. The van der Waals surface area contributed by atoms with Crippen molar-refractivity contribution in [1.82, 2.24) is 4.98 Å². The minimum Gasteiger partial charge on any atom is -0.391 e. The molecule has 0 spiro atoms. The molecule has 0 saturated carbocycles. The summed E-state index contributed by atoms with van der Waals surface area (Å²) in [5.41, 5.74) is 1.08. The first-order chi connectivity index (χ1) is 8.61. The minimum absolute atomic E-state index is 0.120. The van der Waals surface area contributed by atoms with Crippen molar-refractivity contribution in [3.05, 3.63) is 10.6 Å². The highest BCUT2D eigenvalue weighted by Crippen LogP contribution is 2.32. The van der Waals surface area contributed by atoms with Crippen molar-refractivity contribution in [2.75, 3.05) is 18.0 Å². The van der Waals surface area contributed by atoms with E-state index >= 15 is 0 Å². The van der Waals surface area contributed by atoms with Crippen molar-refractivity contribution in [2.24, 2.45) is 5.92 Å². The van der Waals surface area contributed by atoms with Crippen molar-refractivity contribution < 1.29 is 5.11 Å². The van der Waals surface area contributed by atoms with Gasteiger partial charge in [-0.2, -0.15) is 0 Å². The molecule has 2 rings (SSSR count). The molecule has 102 valence electrons. The second-order valence-corrected chi connectivity index (χ2v) is 6.70. The lowest BCUT2D eigenvalue weighted by Crippen LogP contribution is -2.23. The summed E-state index contributed by atoms with van der Waals surface area (Å²) in [6.07, 6.45) is 3.84. The molecule has 18 heavy (non-hydrogen) atoms. The van der Waals surface area contributed by atoms with Crippen molar-refractivity contribution in [2.45, 2.75) is 52.6 Å². The Balaban J connectivity index is 2.17. The predicted octanol–water partition coefficient (Wildman–Crippen LogP) is 3.39. The first kappa shape index (κ1) is 13.8. The van der Waals surface area contributed by atoms with Crippen molar-refractivity contribution in [1.29, 1.82) is 0 Å². The molecule has 1 atom stereocenters. The monoisotopic (exact) mass is 268 g/mol. The number of aliphatic hydroxyl groups is 1. The third kappa shape index (κ3) is 3.04. The molecule has 1 aliphatic heterocycles. The average Bonchev–Trinajstić information content (AvgIpc) is 2.66. The van der Waals surface area contributed by atoms with Crippen LogP contribution in [0.4, 0.5) is 5.13 Å². The Labute approximate surface area is 114 Å². The molecule has 1 fully saturated rings. The molecule has 1 saturated heterocycles. The molecule has 2 heterocycles. The highest BCUT2D eigenvalue weighted by Gasteiger charge is 2.20. The quantitative estimate of drug-likeness (QED) is 0.913. The summed E-state index contributed by atoms with van der Waals surface area (Å²) < 4.78 is 0. The van der Waals surface area contributed by atoms with E-state index in [9.17, 15) is 5.11 Å². The number of nitrogens with zero attached hydrogens (tertiary/aromatic N) is 2. The van der Waals surface area contributed by atoms with Crippen molar-refractivity contribution >= 4 is 16.5 Å². The maximum Gasteiger partial charge on any atom is 0.185 e. The standard InChI is InChI=1S/C14H24N2OS/c1-10(2)13-12(9-17)18-14(15-13)16-7-4-5-11(3)6-8-16/h10-11,17H,4-9H2,1-3H3. The molecule has 1 aromatic heterocycles. The molecule has 1 aliphatic rings. The van der Waals surface area contributed by atoms with E-state index in [1.807, 2.05) is 0 Å². The fraction of sp³-hybridized carbons (Fsp3) is 0.786. The second kappa shape index (κ2) is 6.02. The lowest BCUT2D eigenvalue weighted by Gasteiger charge is -2.19. The van der Waals surface area contributed by atoms with Crippen LogP contribution in [0.3, 0.4) is 0 Å². The Morgan fingerprint density at radius 2 is 2.17 bits per heavy atom. The van der Waals surface area contributed by atoms with E-state index in [0.29, 0.717) is 5.92 Å². The van der Waals surface area contributed by atoms with Gasteiger partial charge in [0.1, 0.15) is 0 Å². The Morgan fingerprint density at radius 3 is 2.78 bits per heavy atom. The van der Waals surface area contributed by atoms with Crippen molar-refractivity contribution in [3.63, 3.8) is 0 Å². The Morgan fingerprint density at radius 1 is 1.39 bits per heavy atom. The zero-order valence-electron chi connectivity index (χ0n) is 11.6. The largest absolute Gasteiger partial charge is 0.391 e. The molecule has 0 bridgehead atoms. The number of hydrogen-bond acceptors (Lipinski definition) is 4. The number of anilines is 1. The first-order valence-electron chi connectivity index (χ1n) is 6.97. The Hall–Kier alpha value is -0.610. The van der Waals surface area contributed by atoms with Gasteiger partial charge in [0.2, 0.25) is 0 Å². The lowest BCUT2D eigenvalue weighted by molar-refractivity contribution is 0.283. The van der Waals surface area contributed by atoms with E-state index in [1.54, 1.807) is 11.3 Å². The average molecular weight is 268 g/mol. The van der Waals surface area contributed by atoms with E-state index in [0.717, 1.165) is 34.7 Å². The van der Waals surface area contributed by atoms with E-state index in [2.05, 4.69) is 25.7 Å². The molecule has 0 aliphatic carbocycles. The summed E-state index contributed by atoms with van der Waals surface area (Å²) in [6.45, 7) is 8.96. The van der Waals surface area contributed by atoms with Gasteiger partial charge in [-0.1, -0.05) is 32.1 Å². The number of aliphatic hydroxyl groups excluding tert-OH is 1. The van der Waals surface area contributed by atoms with Crippen LogP contribution in [0.1, 0.15) is 56.5 Å². The van der Waals surface area contributed by atoms with Gasteiger partial charge < -0.3 is 10.0 Å². The first-order valence-corrected chi connectivity index (χ1v) is 7.79. The number of hydrogen-bond donors (Lipinski definition) is 1. The van der Waals surface area contributed by atoms with Gasteiger partial charge >= 0.3 is 0 Å². The maximum atomic E-state index is 9.43. The number of aromatic nitrogens is 1. The third-order valence-corrected chi connectivity index (χ3v) is 4.81. The van der Waals surface area contributed by atoms with Crippen LogP contribution in [0, 0.1) is 5.92 Å². The van der Waals surface area contributed by atoms with E-state index in [-0.39, 0.29) is 6.61 Å². The zero-order valence-corrected chi connectivity index (χ0v) is 12.5. The molecule has 0 amide bonds. The van der Waals surface area contributed by atoms with Crippen LogP contribution in [0.15, 0.2) is 0 Å². The van der Waals surface area contributed by atoms with E-state index in [4.69, 9.17) is 4.98 Å². The fourth-order valence-electron chi connectivity index (χ4n) is 2.50. The van der Waals surface area contributed by atoms with Crippen LogP contribution in [-0.2, 0) is 6.61 Å². The van der Waals surface area contributed by atoms with E-state index in [1.165, 1.54) is 19.3 Å². The molecule has 0 aromatic carbocycles. The Bertz CT molecular complexity index is 389. The summed E-state index contributed by atoms with van der Waals surface area (Å²) in [5.74, 6) is 1.22. The molecule has 1 aromatic rings. The van der Waals surface area contributed by atoms with Crippen molar-refractivity contribution in [3.8, 4) is 0 Å². The van der Waals surface area contributed by atoms with Crippen LogP contribution in [0.2, 0.25) is 0 Å². The topological polar surface area (TPSA) is 36.4 Å². The normalized spacial score (nSPS) is 21.4. The van der Waals surface area contributed by atoms with Gasteiger partial charge in [0.15, 0.2) is 5.13 Å². The molecule has 1 N–H and O–H groups in total. The lowest BCUT2D eigenvalue weighted by atomic mass is 10.0. The van der Waals surface area contributed by atoms with Gasteiger partial charge in [-0.3, -0.25) is 0 Å². The van der Waals surface area contributed by atoms with Gasteiger partial charge in [-0.05, 0) is 31.1 Å². The van der Waals surface area contributed by atoms with Crippen LogP contribution in [0.25, 0.3) is 0 Å². The van der Waals surface area contributed by atoms with Crippen LogP contribution in [-0.4, -0.2) is 23.2 Å². The predicted molar refractivity (Wildman–Crippen MR) is 77.4 cm³/mol. The highest BCUT2D eigenvalue weighted by molar-refractivity contribution is 7.15. The summed E-state index contributed by atoms with van der Waals surface area (Å²) in [5, 5.41) is 10.5. The van der Waals surface area contributed by atoms with E-state index < -0.39 is 0 Å². The molecular formula is C14H24N2OS. The summed E-state index contributed by atoms with van der Waals surface area (Å²) >= 11 is 1.67. The summed E-state index contributed by atoms with van der Waals surface area (Å²) in [4.78, 5) is 8.20. The van der Waals surface area contributed by atoms with Gasteiger partial charge in [0.05, 0.1) is 17.2 Å². The smallest absolute Gasteiger partial charge is 0.185 e. The van der Waals surface area contributed by atoms with Gasteiger partial charge in [0, 0.05) is 13.1 Å². The number of thiazole rings is 1. The summed E-state index contributed by atoms with van der Waals surface area (Å²) in [7, 11) is 0. The molecule has 0 radical (unpaired) electrons. The highest BCUT2D eigenvalue weighted by atomic mass is 32.1. The Kier molecular flexibility index (Phi) is 4.62. The zero-order chi connectivity index (χ0) is 13.1. The SMILES string of the molecule is CC1CCCN(c2nc(C(C)C)c(CO)s2)CC1. The van der Waals surface area contributed by atoms with Crippen LogP contribution in [0.5, 0.6) is 0 Å².